The second-order valence-corrected chi connectivity index (χ2v) is 7.61. The fourth-order valence-electron chi connectivity index (χ4n) is 3.27. The van der Waals surface area contributed by atoms with Gasteiger partial charge in [0.25, 0.3) is 0 Å². The van der Waals surface area contributed by atoms with Gasteiger partial charge in [-0.2, -0.15) is 0 Å². The summed E-state index contributed by atoms with van der Waals surface area (Å²) in [5, 5.41) is 0. The van der Waals surface area contributed by atoms with Crippen LogP contribution in [-0.4, -0.2) is 41.5 Å². The van der Waals surface area contributed by atoms with Crippen LogP contribution < -0.4 is 9.47 Å². The molecule has 0 aliphatic carbocycles. The third kappa shape index (κ3) is 5.23. The van der Waals surface area contributed by atoms with Crippen LogP contribution in [0.2, 0.25) is 0 Å². The number of hydrogen-bond donors (Lipinski definition) is 0. The minimum atomic E-state index is -0.201. The van der Waals surface area contributed by atoms with E-state index in [-0.39, 0.29) is 31.1 Å². The summed E-state index contributed by atoms with van der Waals surface area (Å²) in [6.07, 6.45) is 1.63. The molecule has 3 rings (SSSR count). The Kier molecular flexibility index (Phi) is 6.82. The number of nitrogens with zero attached hydrogens (tertiary/aromatic N) is 2. The van der Waals surface area contributed by atoms with Crippen LogP contribution >= 0.6 is 0 Å². The van der Waals surface area contributed by atoms with Gasteiger partial charge in [0.1, 0.15) is 18.1 Å². The Balaban J connectivity index is 1.79. The highest BCUT2D eigenvalue weighted by Crippen LogP contribution is 2.33. The van der Waals surface area contributed by atoms with Crippen LogP contribution in [0, 0.1) is 12.8 Å². The van der Waals surface area contributed by atoms with E-state index in [0.717, 1.165) is 11.3 Å². The van der Waals surface area contributed by atoms with E-state index >= 15 is 0 Å². The lowest BCUT2D eigenvalue weighted by molar-refractivity contribution is -0.142. The molecule has 30 heavy (non-hydrogen) atoms. The zero-order valence-corrected chi connectivity index (χ0v) is 17.7. The highest BCUT2D eigenvalue weighted by molar-refractivity contribution is 5.85. The van der Waals surface area contributed by atoms with Crippen molar-refractivity contribution in [1.82, 2.24) is 9.80 Å². The van der Waals surface area contributed by atoms with Gasteiger partial charge in [-0.25, -0.2) is 0 Å². The molecule has 0 atom stereocenters. The van der Waals surface area contributed by atoms with Gasteiger partial charge < -0.3 is 23.7 Å². The molecule has 2 amide bonds. The van der Waals surface area contributed by atoms with E-state index in [0.29, 0.717) is 36.9 Å². The summed E-state index contributed by atoms with van der Waals surface area (Å²) in [4.78, 5) is 28.9. The van der Waals surface area contributed by atoms with E-state index in [4.69, 9.17) is 13.9 Å². The molecule has 0 radical (unpaired) electrons. The van der Waals surface area contributed by atoms with Gasteiger partial charge in [0.2, 0.25) is 18.6 Å². The normalized spacial score (nSPS) is 12.1. The zero-order valence-electron chi connectivity index (χ0n) is 17.7. The number of carbonyl (C=O) groups excluding carboxylic acids is 2. The van der Waals surface area contributed by atoms with Crippen molar-refractivity contribution in [3.05, 3.63) is 60.1 Å². The Bertz CT molecular complexity index is 918. The Hall–Kier alpha value is -3.22. The minimum Gasteiger partial charge on any atom is -0.464 e. The SMILES string of the molecule is C=CCN(CC(=O)N(Cc1ccc2c(c1)OCO2)Cc1ccc(C)o1)C(=O)C(C)C. The molecule has 0 unspecified atom stereocenters. The van der Waals surface area contributed by atoms with Crippen molar-refractivity contribution in [2.75, 3.05) is 19.9 Å². The van der Waals surface area contributed by atoms with Crippen LogP contribution in [0.1, 0.15) is 30.9 Å². The summed E-state index contributed by atoms with van der Waals surface area (Å²) in [6, 6.07) is 9.34. The first-order valence-corrected chi connectivity index (χ1v) is 9.98. The number of aryl methyl sites for hydroxylation is 1. The van der Waals surface area contributed by atoms with Crippen LogP contribution in [0.3, 0.4) is 0 Å². The number of benzene rings is 1. The predicted molar refractivity (Wildman–Crippen MR) is 112 cm³/mol. The summed E-state index contributed by atoms with van der Waals surface area (Å²) in [5.74, 6) is 2.37. The number of ether oxygens (including phenoxy) is 2. The number of rotatable bonds is 9. The first-order valence-electron chi connectivity index (χ1n) is 9.98. The predicted octanol–water partition coefficient (Wildman–Crippen LogP) is 3.52. The van der Waals surface area contributed by atoms with E-state index in [2.05, 4.69) is 6.58 Å². The molecule has 160 valence electrons. The van der Waals surface area contributed by atoms with E-state index in [1.54, 1.807) is 11.0 Å². The Morgan fingerprint density at radius 2 is 1.87 bits per heavy atom. The molecule has 7 heteroatoms. The molecule has 0 bridgehead atoms. The summed E-state index contributed by atoms with van der Waals surface area (Å²) >= 11 is 0. The molecule has 1 aliphatic rings. The number of fused-ring (bicyclic) bond motifs is 1. The van der Waals surface area contributed by atoms with Crippen molar-refractivity contribution < 1.29 is 23.5 Å². The summed E-state index contributed by atoms with van der Waals surface area (Å²) in [7, 11) is 0. The van der Waals surface area contributed by atoms with Crippen LogP contribution in [0.25, 0.3) is 0 Å². The lowest BCUT2D eigenvalue weighted by atomic mass is 10.1. The van der Waals surface area contributed by atoms with E-state index < -0.39 is 0 Å². The molecule has 0 saturated heterocycles. The average molecular weight is 412 g/mol. The maximum absolute atomic E-state index is 13.2. The van der Waals surface area contributed by atoms with Crippen molar-refractivity contribution in [2.24, 2.45) is 5.92 Å². The van der Waals surface area contributed by atoms with Gasteiger partial charge in [-0.1, -0.05) is 26.0 Å². The third-order valence-corrected chi connectivity index (χ3v) is 4.79. The smallest absolute Gasteiger partial charge is 0.242 e. The number of hydrogen-bond acceptors (Lipinski definition) is 5. The average Bonchev–Trinajstić information content (AvgIpc) is 3.34. The summed E-state index contributed by atoms with van der Waals surface area (Å²) < 4.78 is 16.5. The number of amides is 2. The first-order chi connectivity index (χ1) is 14.4. The van der Waals surface area contributed by atoms with Crippen LogP contribution in [0.5, 0.6) is 11.5 Å². The second kappa shape index (κ2) is 9.52. The first kappa shape index (κ1) is 21.5. The third-order valence-electron chi connectivity index (χ3n) is 4.79. The molecule has 0 spiro atoms. The lowest BCUT2D eigenvalue weighted by Crippen LogP contribution is -2.43. The minimum absolute atomic E-state index is 0.0206. The summed E-state index contributed by atoms with van der Waals surface area (Å²) in [6.45, 7) is 10.4. The van der Waals surface area contributed by atoms with Crippen molar-refractivity contribution in [1.29, 1.82) is 0 Å². The second-order valence-electron chi connectivity index (χ2n) is 7.61. The van der Waals surface area contributed by atoms with Gasteiger partial charge in [-0.05, 0) is 36.8 Å². The highest BCUT2D eigenvalue weighted by Gasteiger charge is 2.24. The van der Waals surface area contributed by atoms with Crippen molar-refractivity contribution >= 4 is 11.8 Å². The molecule has 0 fully saturated rings. The Labute approximate surface area is 176 Å². The molecule has 0 N–H and O–H groups in total. The monoisotopic (exact) mass is 412 g/mol. The quantitative estimate of drug-likeness (QED) is 0.590. The lowest BCUT2D eigenvalue weighted by Gasteiger charge is -2.27. The molecule has 7 nitrogen and oxygen atoms in total. The maximum atomic E-state index is 13.2. The van der Waals surface area contributed by atoms with Crippen molar-refractivity contribution in [2.45, 2.75) is 33.9 Å². The highest BCUT2D eigenvalue weighted by atomic mass is 16.7. The molecular formula is C23H28N2O5. The Morgan fingerprint density at radius 3 is 2.53 bits per heavy atom. The molecule has 2 aromatic rings. The maximum Gasteiger partial charge on any atom is 0.242 e. The van der Waals surface area contributed by atoms with Gasteiger partial charge in [0, 0.05) is 19.0 Å². The van der Waals surface area contributed by atoms with Gasteiger partial charge in [-0.15, -0.1) is 6.58 Å². The molecular weight excluding hydrogens is 384 g/mol. The topological polar surface area (TPSA) is 72.2 Å². The standard InChI is InChI=1S/C23H28N2O5/c1-5-10-24(23(27)16(2)3)14-22(26)25(13-19-8-6-17(4)30-19)12-18-7-9-20-21(11-18)29-15-28-20/h5-9,11,16H,1,10,12-15H2,2-4H3. The van der Waals surface area contributed by atoms with Crippen molar-refractivity contribution in [3.8, 4) is 11.5 Å². The van der Waals surface area contributed by atoms with Gasteiger partial charge >= 0.3 is 0 Å². The van der Waals surface area contributed by atoms with Gasteiger partial charge in [0.05, 0.1) is 6.54 Å². The fraction of sp³-hybridized carbons (Fsp3) is 0.391. The van der Waals surface area contributed by atoms with E-state index in [9.17, 15) is 9.59 Å². The molecule has 2 heterocycles. The largest absolute Gasteiger partial charge is 0.464 e. The number of carbonyl (C=O) groups is 2. The van der Waals surface area contributed by atoms with E-state index in [1.807, 2.05) is 51.1 Å². The van der Waals surface area contributed by atoms with Crippen molar-refractivity contribution in [3.63, 3.8) is 0 Å². The zero-order chi connectivity index (χ0) is 21.7. The molecule has 1 aromatic heterocycles. The molecule has 1 aliphatic heterocycles. The number of furan rings is 1. The summed E-state index contributed by atoms with van der Waals surface area (Å²) in [5.41, 5.74) is 0.904. The molecule has 0 saturated carbocycles. The van der Waals surface area contributed by atoms with E-state index in [1.165, 1.54) is 4.90 Å². The van der Waals surface area contributed by atoms with Crippen LogP contribution in [0.4, 0.5) is 0 Å². The Morgan fingerprint density at radius 1 is 1.10 bits per heavy atom. The van der Waals surface area contributed by atoms with Crippen LogP contribution in [-0.2, 0) is 22.7 Å². The van der Waals surface area contributed by atoms with Gasteiger partial charge in [0.15, 0.2) is 11.5 Å². The van der Waals surface area contributed by atoms with Gasteiger partial charge in [-0.3, -0.25) is 9.59 Å². The van der Waals surface area contributed by atoms with Crippen LogP contribution in [0.15, 0.2) is 47.4 Å². The molecule has 1 aromatic carbocycles. The fourth-order valence-corrected chi connectivity index (χ4v) is 3.27.